The fourth-order valence-corrected chi connectivity index (χ4v) is 3.01. The highest BCUT2D eigenvalue weighted by Crippen LogP contribution is 2.30. The molecule has 0 saturated carbocycles. The first-order valence-electron chi connectivity index (χ1n) is 7.52. The van der Waals surface area contributed by atoms with Crippen molar-refractivity contribution in [3.05, 3.63) is 48.5 Å². The second kappa shape index (κ2) is 4.97. The second-order valence-electron chi connectivity index (χ2n) is 6.85. The number of para-hydroxylation sites is 2. The lowest BCUT2D eigenvalue weighted by Crippen LogP contribution is -2.07. The summed E-state index contributed by atoms with van der Waals surface area (Å²) in [7, 11) is 0. The predicted octanol–water partition coefficient (Wildman–Crippen LogP) is 5.62. The third-order valence-corrected chi connectivity index (χ3v) is 3.99. The maximum atomic E-state index is 2.48. The lowest BCUT2D eigenvalue weighted by atomic mass is 9.90. The molecule has 0 fully saturated rings. The molecule has 0 N–H and O–H groups in total. The number of nitrogens with zero attached hydrogens (tertiary/aromatic N) is 1. The van der Waals surface area contributed by atoms with Crippen LogP contribution in [0.2, 0.25) is 0 Å². The van der Waals surface area contributed by atoms with E-state index in [9.17, 15) is 0 Å². The van der Waals surface area contributed by atoms with Crippen LogP contribution in [0.15, 0.2) is 48.5 Å². The molecule has 1 nitrogen and oxygen atoms in total. The van der Waals surface area contributed by atoms with Crippen molar-refractivity contribution in [2.24, 2.45) is 5.41 Å². The minimum Gasteiger partial charge on any atom is -0.340 e. The van der Waals surface area contributed by atoms with Crippen molar-refractivity contribution in [1.29, 1.82) is 0 Å². The van der Waals surface area contributed by atoms with Gasteiger partial charge in [-0.15, -0.1) is 0 Å². The van der Waals surface area contributed by atoms with Gasteiger partial charge in [0.15, 0.2) is 0 Å². The average molecular weight is 265 g/mol. The van der Waals surface area contributed by atoms with Gasteiger partial charge in [-0.05, 0) is 30.4 Å². The van der Waals surface area contributed by atoms with Gasteiger partial charge in [0.1, 0.15) is 0 Å². The third kappa shape index (κ3) is 2.45. The van der Waals surface area contributed by atoms with Crippen LogP contribution in [0.4, 0.5) is 0 Å². The van der Waals surface area contributed by atoms with Crippen molar-refractivity contribution in [1.82, 2.24) is 4.57 Å². The van der Waals surface area contributed by atoms with Crippen LogP contribution in [0.25, 0.3) is 21.8 Å². The molecule has 0 saturated heterocycles. The number of benzene rings is 2. The SMILES string of the molecule is CC(C)(C)CCCn1c2ccccc2c2ccccc21. The molecule has 2 aromatic carbocycles. The quantitative estimate of drug-likeness (QED) is 0.579. The Morgan fingerprint density at radius 2 is 1.30 bits per heavy atom. The molecule has 20 heavy (non-hydrogen) atoms. The molecule has 0 aliphatic heterocycles. The lowest BCUT2D eigenvalue weighted by Gasteiger charge is -2.18. The number of hydrogen-bond acceptors (Lipinski definition) is 0. The molecule has 3 rings (SSSR count). The smallest absolute Gasteiger partial charge is 0.0491 e. The Morgan fingerprint density at radius 3 is 1.80 bits per heavy atom. The number of fused-ring (bicyclic) bond motifs is 3. The molecule has 3 aromatic rings. The molecule has 1 heteroatoms. The first-order chi connectivity index (χ1) is 9.56. The van der Waals surface area contributed by atoms with Crippen LogP contribution in [-0.2, 0) is 6.54 Å². The molecule has 0 radical (unpaired) electrons. The van der Waals surface area contributed by atoms with Crippen LogP contribution >= 0.6 is 0 Å². The summed E-state index contributed by atoms with van der Waals surface area (Å²) in [4.78, 5) is 0. The van der Waals surface area contributed by atoms with Crippen molar-refractivity contribution >= 4 is 21.8 Å². The Labute approximate surface area is 121 Å². The molecule has 1 aromatic heterocycles. The zero-order chi connectivity index (χ0) is 14.2. The Balaban J connectivity index is 2.03. The van der Waals surface area contributed by atoms with E-state index >= 15 is 0 Å². The average Bonchev–Trinajstić information content (AvgIpc) is 2.73. The summed E-state index contributed by atoms with van der Waals surface area (Å²) in [6, 6.07) is 17.5. The third-order valence-electron chi connectivity index (χ3n) is 3.99. The predicted molar refractivity (Wildman–Crippen MR) is 88.1 cm³/mol. The van der Waals surface area contributed by atoms with E-state index in [2.05, 4.69) is 73.9 Å². The van der Waals surface area contributed by atoms with Gasteiger partial charge in [-0.3, -0.25) is 0 Å². The summed E-state index contributed by atoms with van der Waals surface area (Å²) in [6.45, 7) is 8.06. The van der Waals surface area contributed by atoms with Gasteiger partial charge in [0.2, 0.25) is 0 Å². The Morgan fingerprint density at radius 1 is 0.800 bits per heavy atom. The minimum absolute atomic E-state index is 0.415. The van der Waals surface area contributed by atoms with E-state index in [1.165, 1.54) is 34.6 Å². The zero-order valence-corrected chi connectivity index (χ0v) is 12.7. The molecule has 0 aliphatic rings. The van der Waals surface area contributed by atoms with Crippen LogP contribution in [0.1, 0.15) is 33.6 Å². The van der Waals surface area contributed by atoms with Gasteiger partial charge >= 0.3 is 0 Å². The van der Waals surface area contributed by atoms with Crippen LogP contribution in [0.3, 0.4) is 0 Å². The lowest BCUT2D eigenvalue weighted by molar-refractivity contribution is 0.356. The number of aryl methyl sites for hydroxylation is 1. The Hall–Kier alpha value is -1.76. The standard InChI is InChI=1S/C19H23N/c1-19(2,3)13-8-14-20-17-11-6-4-9-15(17)16-10-5-7-12-18(16)20/h4-7,9-12H,8,13-14H2,1-3H3. The van der Waals surface area contributed by atoms with Crippen molar-refractivity contribution in [2.75, 3.05) is 0 Å². The molecule has 0 aliphatic carbocycles. The zero-order valence-electron chi connectivity index (χ0n) is 12.7. The highest BCUT2D eigenvalue weighted by molar-refractivity contribution is 6.07. The monoisotopic (exact) mass is 265 g/mol. The summed E-state index contributed by atoms with van der Waals surface area (Å²) >= 11 is 0. The highest BCUT2D eigenvalue weighted by Gasteiger charge is 2.12. The summed E-state index contributed by atoms with van der Waals surface area (Å²) in [5.74, 6) is 0. The van der Waals surface area contributed by atoms with E-state index in [0.29, 0.717) is 5.41 Å². The van der Waals surface area contributed by atoms with Crippen molar-refractivity contribution < 1.29 is 0 Å². The summed E-state index contributed by atoms with van der Waals surface area (Å²) < 4.78 is 2.48. The fourth-order valence-electron chi connectivity index (χ4n) is 3.01. The van der Waals surface area contributed by atoms with Crippen LogP contribution in [-0.4, -0.2) is 4.57 Å². The van der Waals surface area contributed by atoms with E-state index in [-0.39, 0.29) is 0 Å². The fraction of sp³-hybridized carbons (Fsp3) is 0.368. The molecular formula is C19H23N. The van der Waals surface area contributed by atoms with Gasteiger partial charge in [0.05, 0.1) is 0 Å². The molecule has 0 atom stereocenters. The van der Waals surface area contributed by atoms with Crippen molar-refractivity contribution in [3.63, 3.8) is 0 Å². The van der Waals surface area contributed by atoms with E-state index in [0.717, 1.165) is 6.54 Å². The number of hydrogen-bond donors (Lipinski definition) is 0. The van der Waals surface area contributed by atoms with Crippen LogP contribution in [0.5, 0.6) is 0 Å². The van der Waals surface area contributed by atoms with Crippen molar-refractivity contribution in [3.8, 4) is 0 Å². The number of rotatable bonds is 3. The van der Waals surface area contributed by atoms with Gasteiger partial charge in [0, 0.05) is 28.4 Å². The van der Waals surface area contributed by atoms with E-state index < -0.39 is 0 Å². The normalized spacial score (nSPS) is 12.3. The first-order valence-corrected chi connectivity index (χ1v) is 7.52. The molecule has 0 spiro atoms. The minimum atomic E-state index is 0.415. The van der Waals surface area contributed by atoms with E-state index in [1.807, 2.05) is 0 Å². The van der Waals surface area contributed by atoms with E-state index in [1.54, 1.807) is 0 Å². The summed E-state index contributed by atoms with van der Waals surface area (Å²) in [5, 5.41) is 2.75. The Bertz CT molecular complexity index is 675. The van der Waals surface area contributed by atoms with E-state index in [4.69, 9.17) is 0 Å². The molecular weight excluding hydrogens is 242 g/mol. The molecule has 0 unspecified atom stereocenters. The van der Waals surface area contributed by atoms with Gasteiger partial charge in [-0.1, -0.05) is 57.2 Å². The topological polar surface area (TPSA) is 4.93 Å². The highest BCUT2D eigenvalue weighted by atomic mass is 15.0. The summed E-state index contributed by atoms with van der Waals surface area (Å²) in [6.07, 6.45) is 2.49. The van der Waals surface area contributed by atoms with Crippen LogP contribution in [0, 0.1) is 5.41 Å². The first kappa shape index (κ1) is 13.2. The molecule has 0 bridgehead atoms. The maximum Gasteiger partial charge on any atom is 0.0491 e. The van der Waals surface area contributed by atoms with Gasteiger partial charge in [-0.2, -0.15) is 0 Å². The molecule has 104 valence electrons. The largest absolute Gasteiger partial charge is 0.340 e. The Kier molecular flexibility index (Phi) is 3.29. The van der Waals surface area contributed by atoms with Gasteiger partial charge in [-0.25, -0.2) is 0 Å². The maximum absolute atomic E-state index is 2.48. The molecule has 0 amide bonds. The molecule has 1 heterocycles. The van der Waals surface area contributed by atoms with Crippen molar-refractivity contribution in [2.45, 2.75) is 40.2 Å². The number of aromatic nitrogens is 1. The summed E-state index contributed by atoms with van der Waals surface area (Å²) in [5.41, 5.74) is 3.14. The van der Waals surface area contributed by atoms with Crippen LogP contribution < -0.4 is 0 Å². The second-order valence-corrected chi connectivity index (χ2v) is 6.85. The van der Waals surface area contributed by atoms with Gasteiger partial charge in [0.25, 0.3) is 0 Å². The van der Waals surface area contributed by atoms with Gasteiger partial charge < -0.3 is 4.57 Å².